The second-order valence-electron chi connectivity index (χ2n) is 11.4. The van der Waals surface area contributed by atoms with Gasteiger partial charge in [-0.25, -0.2) is 4.79 Å². The minimum absolute atomic E-state index is 0.0567. The highest BCUT2D eigenvalue weighted by Crippen LogP contribution is 2.38. The minimum atomic E-state index is -0.993. The van der Waals surface area contributed by atoms with Crippen LogP contribution in [-0.4, -0.2) is 70.8 Å². The molecule has 0 unspecified atom stereocenters. The number of carbonyl (C=O) groups excluding carboxylic acids is 1. The molecule has 2 heterocycles. The van der Waals surface area contributed by atoms with Crippen LogP contribution in [0.4, 0.5) is 4.79 Å². The van der Waals surface area contributed by atoms with Crippen LogP contribution in [0.1, 0.15) is 67.9 Å². The number of amides is 1. The third-order valence-electron chi connectivity index (χ3n) is 6.47. The van der Waals surface area contributed by atoms with Gasteiger partial charge in [0.25, 0.3) is 0 Å². The number of ether oxygens (including phenoxy) is 5. The van der Waals surface area contributed by atoms with Gasteiger partial charge >= 0.3 is 6.09 Å². The highest BCUT2D eigenvalue weighted by molar-refractivity contribution is 5.70. The van der Waals surface area contributed by atoms with Gasteiger partial charge in [-0.3, -0.25) is 0 Å². The predicted molar refractivity (Wildman–Crippen MR) is 144 cm³/mol. The quantitative estimate of drug-likeness (QED) is 0.399. The highest BCUT2D eigenvalue weighted by atomic mass is 16.8. The SMILES string of the molecule is CC(C)N(C(=O)O/C(C#Cc1ccccc1)=C\[C@H](C)[C@H](O)[C@@H]1OC(C)(C)O[C@H]1[C@H]1COC(C)(C)O1)C(C)C. The van der Waals surface area contributed by atoms with Crippen LogP contribution in [0.3, 0.4) is 0 Å². The van der Waals surface area contributed by atoms with Gasteiger partial charge in [-0.2, -0.15) is 0 Å². The average Bonchev–Trinajstić information content (AvgIpc) is 3.34. The first-order chi connectivity index (χ1) is 17.7. The molecule has 0 bridgehead atoms. The molecular formula is C30H43NO7. The van der Waals surface area contributed by atoms with Crippen molar-refractivity contribution < 1.29 is 33.6 Å². The number of nitrogens with zero attached hydrogens (tertiary/aromatic N) is 1. The summed E-state index contributed by atoms with van der Waals surface area (Å²) in [5, 5.41) is 11.4. The molecule has 38 heavy (non-hydrogen) atoms. The Morgan fingerprint density at radius 1 is 1.03 bits per heavy atom. The number of benzene rings is 1. The summed E-state index contributed by atoms with van der Waals surface area (Å²) in [6.45, 7) is 17.2. The van der Waals surface area contributed by atoms with Gasteiger partial charge in [0.15, 0.2) is 17.3 Å². The Labute approximate surface area is 227 Å². The number of rotatable bonds is 7. The third-order valence-corrected chi connectivity index (χ3v) is 6.47. The largest absolute Gasteiger partial charge is 0.416 e. The smallest absolute Gasteiger partial charge is 0.401 e. The summed E-state index contributed by atoms with van der Waals surface area (Å²) in [7, 11) is 0. The summed E-state index contributed by atoms with van der Waals surface area (Å²) in [5.41, 5.74) is 0.780. The van der Waals surface area contributed by atoms with E-state index < -0.39 is 48.0 Å². The number of hydrogen-bond donors (Lipinski definition) is 1. The van der Waals surface area contributed by atoms with Crippen molar-refractivity contribution in [2.45, 2.75) is 110 Å². The number of hydrogen-bond acceptors (Lipinski definition) is 7. The second-order valence-corrected chi connectivity index (χ2v) is 11.4. The molecule has 1 aromatic rings. The summed E-state index contributed by atoms with van der Waals surface area (Å²) in [6, 6.07) is 9.32. The predicted octanol–water partition coefficient (Wildman–Crippen LogP) is 4.85. The van der Waals surface area contributed by atoms with Crippen molar-refractivity contribution in [2.24, 2.45) is 5.92 Å². The molecule has 0 radical (unpaired) electrons. The van der Waals surface area contributed by atoms with Gasteiger partial charge in [0.2, 0.25) is 0 Å². The zero-order valence-electron chi connectivity index (χ0n) is 24.1. The Hall–Kier alpha value is -2.41. The Morgan fingerprint density at radius 2 is 1.66 bits per heavy atom. The van der Waals surface area contributed by atoms with E-state index in [4.69, 9.17) is 23.7 Å². The fourth-order valence-electron chi connectivity index (χ4n) is 4.80. The van der Waals surface area contributed by atoms with Crippen LogP contribution < -0.4 is 0 Å². The molecule has 0 spiro atoms. The maximum absolute atomic E-state index is 13.1. The average molecular weight is 530 g/mol. The van der Waals surface area contributed by atoms with E-state index in [9.17, 15) is 9.90 Å². The molecule has 1 aromatic carbocycles. The van der Waals surface area contributed by atoms with E-state index in [1.807, 2.05) is 78.8 Å². The molecular weight excluding hydrogens is 486 g/mol. The Kier molecular flexibility index (Phi) is 9.66. The zero-order valence-corrected chi connectivity index (χ0v) is 24.1. The Balaban J connectivity index is 1.87. The molecule has 5 atom stereocenters. The lowest BCUT2D eigenvalue weighted by Gasteiger charge is -2.30. The first-order valence-corrected chi connectivity index (χ1v) is 13.3. The molecule has 210 valence electrons. The molecule has 0 aliphatic carbocycles. The zero-order chi connectivity index (χ0) is 28.3. The van der Waals surface area contributed by atoms with Crippen molar-refractivity contribution in [3.05, 3.63) is 47.7 Å². The van der Waals surface area contributed by atoms with Gasteiger partial charge in [0, 0.05) is 23.6 Å². The van der Waals surface area contributed by atoms with Gasteiger partial charge in [-0.1, -0.05) is 31.0 Å². The normalized spacial score (nSPS) is 26.1. The summed E-state index contributed by atoms with van der Waals surface area (Å²) in [5.74, 6) is 4.05. The molecule has 2 fully saturated rings. The monoisotopic (exact) mass is 529 g/mol. The van der Waals surface area contributed by atoms with Crippen molar-refractivity contribution in [3.63, 3.8) is 0 Å². The summed E-state index contributed by atoms with van der Waals surface area (Å²) in [6.07, 6.45) is -1.46. The number of allylic oxidation sites excluding steroid dienone is 1. The van der Waals surface area contributed by atoms with Crippen LogP contribution in [0.15, 0.2) is 42.2 Å². The van der Waals surface area contributed by atoms with Gasteiger partial charge in [-0.05, 0) is 79.5 Å². The lowest BCUT2D eigenvalue weighted by Crippen LogP contribution is -2.46. The lowest BCUT2D eigenvalue weighted by molar-refractivity contribution is -0.175. The number of aliphatic hydroxyl groups is 1. The summed E-state index contributed by atoms with van der Waals surface area (Å²) < 4.78 is 29.8. The van der Waals surface area contributed by atoms with Crippen molar-refractivity contribution in [2.75, 3.05) is 6.61 Å². The van der Waals surface area contributed by atoms with Gasteiger partial charge < -0.3 is 33.7 Å². The highest BCUT2D eigenvalue weighted by Gasteiger charge is 2.52. The molecule has 2 aliphatic rings. The first-order valence-electron chi connectivity index (χ1n) is 13.3. The summed E-state index contributed by atoms with van der Waals surface area (Å²) in [4.78, 5) is 14.7. The van der Waals surface area contributed by atoms with E-state index in [0.29, 0.717) is 6.61 Å². The molecule has 2 aliphatic heterocycles. The van der Waals surface area contributed by atoms with Gasteiger partial charge in [-0.15, -0.1) is 0 Å². The van der Waals surface area contributed by atoms with E-state index in [2.05, 4.69) is 11.8 Å². The molecule has 1 amide bonds. The Morgan fingerprint density at radius 3 is 2.21 bits per heavy atom. The molecule has 0 aromatic heterocycles. The molecule has 1 N–H and O–H groups in total. The van der Waals surface area contributed by atoms with Crippen LogP contribution in [0.5, 0.6) is 0 Å². The molecule has 3 rings (SSSR count). The fourth-order valence-corrected chi connectivity index (χ4v) is 4.80. The molecule has 2 saturated heterocycles. The van der Waals surface area contributed by atoms with Crippen molar-refractivity contribution in [1.82, 2.24) is 4.90 Å². The van der Waals surface area contributed by atoms with Crippen LogP contribution in [0.25, 0.3) is 0 Å². The van der Waals surface area contributed by atoms with Gasteiger partial charge in [0.05, 0.1) is 12.7 Å². The van der Waals surface area contributed by atoms with Crippen LogP contribution in [0, 0.1) is 17.8 Å². The number of aliphatic hydroxyl groups excluding tert-OH is 1. The van der Waals surface area contributed by atoms with E-state index in [1.165, 1.54) is 0 Å². The summed E-state index contributed by atoms with van der Waals surface area (Å²) >= 11 is 0. The molecule has 8 heteroatoms. The second kappa shape index (κ2) is 12.2. The minimum Gasteiger partial charge on any atom is -0.401 e. The standard InChI is InChI=1S/C30H43NO7/c1-19(2)31(20(3)4)28(33)35-23(16-15-22-13-11-10-12-14-22)17-21(5)25(32)27-26(37-30(8,9)38-27)24-18-34-29(6,7)36-24/h10-14,17,19-21,24-27,32H,18H2,1-9H3/b23-17-/t21-,24+,25-,26-,27-/m0/s1. The van der Waals surface area contributed by atoms with Crippen LogP contribution >= 0.6 is 0 Å². The lowest BCUT2D eigenvalue weighted by atomic mass is 9.93. The maximum Gasteiger partial charge on any atom is 0.416 e. The van der Waals surface area contributed by atoms with E-state index in [-0.39, 0.29) is 17.8 Å². The van der Waals surface area contributed by atoms with Crippen molar-refractivity contribution >= 4 is 6.09 Å². The van der Waals surface area contributed by atoms with E-state index >= 15 is 0 Å². The molecule has 0 saturated carbocycles. The van der Waals surface area contributed by atoms with Crippen molar-refractivity contribution in [3.8, 4) is 11.8 Å². The molecule has 8 nitrogen and oxygen atoms in total. The van der Waals surface area contributed by atoms with E-state index in [1.54, 1.807) is 24.8 Å². The van der Waals surface area contributed by atoms with Crippen molar-refractivity contribution in [1.29, 1.82) is 0 Å². The van der Waals surface area contributed by atoms with Crippen LogP contribution in [0.2, 0.25) is 0 Å². The first kappa shape index (κ1) is 30.1. The maximum atomic E-state index is 13.1. The van der Waals surface area contributed by atoms with E-state index in [0.717, 1.165) is 5.56 Å². The Bertz CT molecular complexity index is 1030. The third kappa shape index (κ3) is 7.81. The number of carbonyl (C=O) groups is 1. The van der Waals surface area contributed by atoms with Crippen LogP contribution in [-0.2, 0) is 23.7 Å². The fraction of sp³-hybridized carbons (Fsp3) is 0.633. The van der Waals surface area contributed by atoms with Gasteiger partial charge in [0.1, 0.15) is 18.3 Å². The topological polar surface area (TPSA) is 86.7 Å².